The number of benzene rings is 3. The van der Waals surface area contributed by atoms with Crippen LogP contribution in [0.4, 0.5) is 22.7 Å². The Bertz CT molecular complexity index is 1190. The summed E-state index contributed by atoms with van der Waals surface area (Å²) in [5.74, 6) is 0.703. The average molecular weight is 402 g/mol. The third-order valence-electron chi connectivity index (χ3n) is 4.60. The molecule has 0 saturated carbocycles. The number of aliphatic imine (C=N–C) groups is 1. The van der Waals surface area contributed by atoms with E-state index in [1.807, 2.05) is 12.1 Å². The fraction of sp³-hybridized carbons (Fsp3) is 0.0909. The number of amides is 1. The molecular formula is C22H18N4O4. The second kappa shape index (κ2) is 7.67. The van der Waals surface area contributed by atoms with Crippen LogP contribution in [0.25, 0.3) is 0 Å². The minimum Gasteiger partial charge on any atom is -0.454 e. The zero-order valence-electron chi connectivity index (χ0n) is 16.3. The number of fused-ring (bicyclic) bond motifs is 2. The Morgan fingerprint density at radius 3 is 2.63 bits per heavy atom. The second-order valence-corrected chi connectivity index (χ2v) is 6.89. The second-order valence-electron chi connectivity index (χ2n) is 6.89. The molecule has 0 aliphatic carbocycles. The Labute approximate surface area is 172 Å². The average Bonchev–Trinajstić information content (AvgIpc) is 2.87. The first-order chi connectivity index (χ1) is 14.4. The first-order valence-corrected chi connectivity index (χ1v) is 9.14. The molecule has 30 heavy (non-hydrogen) atoms. The Hall–Kier alpha value is -4.20. The maximum Gasteiger partial charge on any atom is 0.293 e. The molecule has 150 valence electrons. The third-order valence-corrected chi connectivity index (χ3v) is 4.60. The van der Waals surface area contributed by atoms with Gasteiger partial charge in [-0.2, -0.15) is 0 Å². The molecule has 4 rings (SSSR count). The molecule has 1 heterocycles. The molecule has 1 N–H and O–H groups in total. The van der Waals surface area contributed by atoms with Gasteiger partial charge in [0.2, 0.25) is 0 Å². The number of hydrogen-bond acceptors (Lipinski definition) is 6. The summed E-state index contributed by atoms with van der Waals surface area (Å²) in [5, 5.41) is 14.2. The van der Waals surface area contributed by atoms with Crippen LogP contribution in [0.1, 0.15) is 15.9 Å². The molecule has 0 saturated heterocycles. The van der Waals surface area contributed by atoms with Gasteiger partial charge < -0.3 is 15.0 Å². The third kappa shape index (κ3) is 3.70. The van der Waals surface area contributed by atoms with Crippen LogP contribution in [0, 0.1) is 10.1 Å². The molecule has 0 unspecified atom stereocenters. The van der Waals surface area contributed by atoms with E-state index in [0.717, 1.165) is 0 Å². The van der Waals surface area contributed by atoms with E-state index in [1.54, 1.807) is 61.5 Å². The van der Waals surface area contributed by atoms with Crippen molar-refractivity contribution >= 4 is 34.9 Å². The normalized spacial score (nSPS) is 12.4. The molecule has 3 aromatic carbocycles. The highest BCUT2D eigenvalue weighted by Crippen LogP contribution is 2.36. The number of para-hydroxylation sites is 2. The first-order valence-electron chi connectivity index (χ1n) is 9.14. The summed E-state index contributed by atoms with van der Waals surface area (Å²) >= 11 is 0. The quantitative estimate of drug-likeness (QED) is 0.385. The number of rotatable bonds is 4. The van der Waals surface area contributed by atoms with Gasteiger partial charge in [-0.1, -0.05) is 18.2 Å². The van der Waals surface area contributed by atoms with E-state index < -0.39 is 4.92 Å². The number of nitro benzene ring substituents is 1. The van der Waals surface area contributed by atoms with Gasteiger partial charge in [0, 0.05) is 26.4 Å². The van der Waals surface area contributed by atoms with Crippen molar-refractivity contribution in [3.05, 3.63) is 81.9 Å². The van der Waals surface area contributed by atoms with Gasteiger partial charge in [0.15, 0.2) is 5.75 Å². The van der Waals surface area contributed by atoms with Crippen LogP contribution in [0.15, 0.2) is 65.7 Å². The van der Waals surface area contributed by atoms with E-state index in [0.29, 0.717) is 39.7 Å². The van der Waals surface area contributed by atoms with Crippen molar-refractivity contribution in [2.24, 2.45) is 4.99 Å². The monoisotopic (exact) mass is 402 g/mol. The number of nitrogens with zero attached hydrogens (tertiary/aromatic N) is 3. The lowest BCUT2D eigenvalue weighted by atomic mass is 10.1. The number of ether oxygens (including phenoxy) is 1. The molecule has 0 atom stereocenters. The molecule has 1 aliphatic rings. The predicted molar refractivity (Wildman–Crippen MR) is 116 cm³/mol. The molecule has 0 aromatic heterocycles. The molecule has 0 spiro atoms. The van der Waals surface area contributed by atoms with E-state index >= 15 is 0 Å². The SMILES string of the molecule is CN(C)c1ccc(C=Nc2ccc3c(c2)C(=O)Nc2ccccc2O3)cc1[N+](=O)[O-]. The summed E-state index contributed by atoms with van der Waals surface area (Å²) in [4.78, 5) is 29.6. The molecular weight excluding hydrogens is 384 g/mol. The molecule has 0 bridgehead atoms. The Morgan fingerprint density at radius 1 is 1.07 bits per heavy atom. The van der Waals surface area contributed by atoms with Gasteiger partial charge in [0.1, 0.15) is 11.4 Å². The van der Waals surface area contributed by atoms with Gasteiger partial charge >= 0.3 is 0 Å². The fourth-order valence-electron chi connectivity index (χ4n) is 3.13. The summed E-state index contributed by atoms with van der Waals surface area (Å²) < 4.78 is 5.85. The van der Waals surface area contributed by atoms with Crippen molar-refractivity contribution in [2.45, 2.75) is 0 Å². The van der Waals surface area contributed by atoms with Gasteiger partial charge in [0.05, 0.1) is 21.9 Å². The molecule has 1 aliphatic heterocycles. The van der Waals surface area contributed by atoms with Crippen LogP contribution in [-0.2, 0) is 0 Å². The number of nitro groups is 1. The summed E-state index contributed by atoms with van der Waals surface area (Å²) in [6.45, 7) is 0. The lowest BCUT2D eigenvalue weighted by Crippen LogP contribution is -2.11. The van der Waals surface area contributed by atoms with Crippen molar-refractivity contribution in [3.63, 3.8) is 0 Å². The van der Waals surface area contributed by atoms with Gasteiger partial charge in [0.25, 0.3) is 11.6 Å². The van der Waals surface area contributed by atoms with E-state index in [9.17, 15) is 14.9 Å². The number of carbonyl (C=O) groups excluding carboxylic acids is 1. The molecule has 0 fully saturated rings. The highest BCUT2D eigenvalue weighted by Gasteiger charge is 2.21. The van der Waals surface area contributed by atoms with Gasteiger partial charge in [-0.15, -0.1) is 0 Å². The van der Waals surface area contributed by atoms with Gasteiger partial charge in [-0.25, -0.2) is 0 Å². The summed E-state index contributed by atoms with van der Waals surface area (Å²) in [7, 11) is 3.49. The molecule has 1 amide bonds. The van der Waals surface area contributed by atoms with Crippen LogP contribution in [0.5, 0.6) is 11.5 Å². The topological polar surface area (TPSA) is 97.1 Å². The summed E-state index contributed by atoms with van der Waals surface area (Å²) in [6, 6.07) is 17.1. The van der Waals surface area contributed by atoms with Crippen LogP contribution in [-0.4, -0.2) is 31.1 Å². The highest BCUT2D eigenvalue weighted by molar-refractivity contribution is 6.08. The van der Waals surface area contributed by atoms with Crippen LogP contribution >= 0.6 is 0 Å². The molecule has 0 radical (unpaired) electrons. The Kier molecular flexibility index (Phi) is 4.89. The minimum atomic E-state index is -0.422. The van der Waals surface area contributed by atoms with Crippen molar-refractivity contribution in [1.82, 2.24) is 0 Å². The predicted octanol–water partition coefficient (Wildman–Crippen LogP) is 4.77. The van der Waals surface area contributed by atoms with Crippen molar-refractivity contribution < 1.29 is 14.5 Å². The van der Waals surface area contributed by atoms with E-state index in [4.69, 9.17) is 4.74 Å². The van der Waals surface area contributed by atoms with Crippen molar-refractivity contribution in [2.75, 3.05) is 24.3 Å². The first kappa shape index (κ1) is 19.1. The maximum absolute atomic E-state index is 12.6. The number of hydrogen-bond donors (Lipinski definition) is 1. The maximum atomic E-state index is 12.6. The zero-order chi connectivity index (χ0) is 21.3. The van der Waals surface area contributed by atoms with Crippen LogP contribution < -0.4 is 15.0 Å². The summed E-state index contributed by atoms with van der Waals surface area (Å²) in [6.07, 6.45) is 1.53. The van der Waals surface area contributed by atoms with Gasteiger partial charge in [-0.05, 0) is 42.0 Å². The lowest BCUT2D eigenvalue weighted by Gasteiger charge is -2.12. The summed E-state index contributed by atoms with van der Waals surface area (Å²) in [5.41, 5.74) is 2.56. The lowest BCUT2D eigenvalue weighted by molar-refractivity contribution is -0.384. The standard InChI is InChI=1S/C22H18N4O4/c1-25(2)18-9-7-14(11-19(18)26(28)29)13-23-15-8-10-20-16(12-15)22(27)24-17-5-3-4-6-21(17)30-20/h3-13H,1-2H3,(H,24,27). The number of anilines is 2. The molecule has 8 heteroatoms. The van der Waals surface area contributed by atoms with Crippen LogP contribution in [0.2, 0.25) is 0 Å². The number of nitrogens with one attached hydrogen (secondary N) is 1. The highest BCUT2D eigenvalue weighted by atomic mass is 16.6. The van der Waals surface area contributed by atoms with E-state index in [2.05, 4.69) is 10.3 Å². The van der Waals surface area contributed by atoms with Crippen molar-refractivity contribution in [3.8, 4) is 11.5 Å². The van der Waals surface area contributed by atoms with E-state index in [1.165, 1.54) is 12.3 Å². The fourth-order valence-corrected chi connectivity index (χ4v) is 3.13. The minimum absolute atomic E-state index is 0.00331. The van der Waals surface area contributed by atoms with Crippen molar-refractivity contribution in [1.29, 1.82) is 0 Å². The van der Waals surface area contributed by atoms with E-state index in [-0.39, 0.29) is 11.6 Å². The number of carbonyl (C=O) groups is 1. The largest absolute Gasteiger partial charge is 0.454 e. The molecule has 8 nitrogen and oxygen atoms in total. The Balaban J connectivity index is 1.64. The Morgan fingerprint density at radius 2 is 1.87 bits per heavy atom. The van der Waals surface area contributed by atoms with Gasteiger partial charge in [-0.3, -0.25) is 19.9 Å². The molecule has 3 aromatic rings. The smallest absolute Gasteiger partial charge is 0.293 e. The van der Waals surface area contributed by atoms with Crippen LogP contribution in [0.3, 0.4) is 0 Å². The zero-order valence-corrected chi connectivity index (χ0v) is 16.3.